The summed E-state index contributed by atoms with van der Waals surface area (Å²) in [6.45, 7) is 0.398. The lowest BCUT2D eigenvalue weighted by Gasteiger charge is -2.12. The van der Waals surface area contributed by atoms with Crippen molar-refractivity contribution < 1.29 is 17.9 Å². The molecule has 0 aliphatic heterocycles. The molecule has 0 saturated heterocycles. The first-order valence-electron chi connectivity index (χ1n) is 10.5. The second-order valence-electron chi connectivity index (χ2n) is 7.37. The minimum atomic E-state index is -3.66. The maximum Gasteiger partial charge on any atom is 0.240 e. The van der Waals surface area contributed by atoms with Crippen LogP contribution in [0.5, 0.6) is 11.5 Å². The molecule has 184 valence electrons. The molecule has 3 aromatic carbocycles. The molecule has 4 rings (SSSR count). The lowest BCUT2D eigenvalue weighted by molar-refractivity contribution is 0.356. The summed E-state index contributed by atoms with van der Waals surface area (Å²) in [5, 5.41) is 3.62. The first kappa shape index (κ1) is 26.0. The summed E-state index contributed by atoms with van der Waals surface area (Å²) in [5.74, 6) is 1.60. The number of hydrogen-bond acceptors (Lipinski definition) is 8. The van der Waals surface area contributed by atoms with E-state index in [0.29, 0.717) is 22.4 Å². The zero-order valence-electron chi connectivity index (χ0n) is 19.2. The largest absolute Gasteiger partial charge is 0.493 e. The summed E-state index contributed by atoms with van der Waals surface area (Å²) in [6, 6.07) is 19.9. The van der Waals surface area contributed by atoms with E-state index in [1.54, 1.807) is 36.4 Å². The van der Waals surface area contributed by atoms with Crippen LogP contribution in [0.4, 0.5) is 11.8 Å². The molecule has 0 aliphatic carbocycles. The number of halogens is 1. The smallest absolute Gasteiger partial charge is 0.240 e. The van der Waals surface area contributed by atoms with Crippen LogP contribution in [0, 0.1) is 0 Å². The molecule has 0 bridgehead atoms. The molecule has 0 spiro atoms. The third-order valence-corrected chi connectivity index (χ3v) is 6.68. The van der Waals surface area contributed by atoms with Gasteiger partial charge in [-0.1, -0.05) is 42.5 Å². The lowest BCUT2D eigenvalue weighted by atomic mass is 10.1. The second-order valence-corrected chi connectivity index (χ2v) is 9.14. The maximum absolute atomic E-state index is 12.6. The zero-order valence-corrected chi connectivity index (χ0v) is 20.8. The molecule has 0 amide bonds. The predicted molar refractivity (Wildman–Crippen MR) is 140 cm³/mol. The number of methoxy groups -OCH3 is 2. The van der Waals surface area contributed by atoms with E-state index in [4.69, 9.17) is 15.2 Å². The van der Waals surface area contributed by atoms with E-state index < -0.39 is 10.0 Å². The Morgan fingerprint density at radius 1 is 0.857 bits per heavy atom. The van der Waals surface area contributed by atoms with Crippen LogP contribution >= 0.6 is 12.4 Å². The monoisotopic (exact) mass is 515 g/mol. The van der Waals surface area contributed by atoms with Gasteiger partial charge in [-0.2, -0.15) is 4.98 Å². The number of nitrogens with two attached hydrogens (primary N) is 1. The maximum atomic E-state index is 12.6. The molecule has 35 heavy (non-hydrogen) atoms. The molecule has 0 aliphatic rings. The van der Waals surface area contributed by atoms with E-state index in [0.717, 1.165) is 11.1 Å². The van der Waals surface area contributed by atoms with E-state index in [1.807, 2.05) is 30.3 Å². The number of nitrogen functional groups attached to an aromatic ring is 1. The fourth-order valence-electron chi connectivity index (χ4n) is 3.46. The number of nitrogens with zero attached hydrogens (tertiary/aromatic N) is 2. The quantitative estimate of drug-likeness (QED) is 0.288. The third-order valence-electron chi connectivity index (χ3n) is 5.20. The van der Waals surface area contributed by atoms with Gasteiger partial charge in [0.25, 0.3) is 0 Å². The van der Waals surface area contributed by atoms with Gasteiger partial charge >= 0.3 is 0 Å². The summed E-state index contributed by atoms with van der Waals surface area (Å²) in [4.78, 5) is 8.87. The van der Waals surface area contributed by atoms with Gasteiger partial charge in [-0.15, -0.1) is 12.4 Å². The van der Waals surface area contributed by atoms with Crippen LogP contribution in [0.15, 0.2) is 71.6 Å². The number of sulfonamides is 1. The van der Waals surface area contributed by atoms with E-state index in [9.17, 15) is 8.42 Å². The van der Waals surface area contributed by atoms with Gasteiger partial charge in [0.05, 0.1) is 24.6 Å². The molecule has 0 atom stereocenters. The van der Waals surface area contributed by atoms with Gasteiger partial charge in [0, 0.05) is 24.5 Å². The molecular weight excluding hydrogens is 490 g/mol. The molecule has 9 nitrogen and oxygen atoms in total. The number of nitrogens with one attached hydrogen (secondary N) is 2. The number of anilines is 2. The van der Waals surface area contributed by atoms with Gasteiger partial charge in [-0.25, -0.2) is 18.1 Å². The number of fused-ring (bicyclic) bond motifs is 1. The standard InChI is InChI=1S/C24H25N5O4S.ClH/c1-32-21-14-19-20(15-22(21)33-2)28-24(29-23(19)25)26-12-13-27-34(30,31)18-10-8-17(9-11-18)16-6-4-3-5-7-16;/h3-11,14-15,27H,12-13H2,1-2H3,(H3,25,26,28,29);1H. The van der Waals surface area contributed by atoms with E-state index in [-0.39, 0.29) is 42.2 Å². The van der Waals surface area contributed by atoms with Crippen LogP contribution in [-0.4, -0.2) is 45.7 Å². The van der Waals surface area contributed by atoms with Crippen LogP contribution < -0.4 is 25.2 Å². The molecule has 0 unspecified atom stereocenters. The van der Waals surface area contributed by atoms with Crippen LogP contribution in [0.2, 0.25) is 0 Å². The fourth-order valence-corrected chi connectivity index (χ4v) is 4.49. The fraction of sp³-hybridized carbons (Fsp3) is 0.167. The number of benzene rings is 3. The second kappa shape index (κ2) is 11.2. The van der Waals surface area contributed by atoms with E-state index >= 15 is 0 Å². The topological polar surface area (TPSA) is 128 Å². The van der Waals surface area contributed by atoms with Crippen molar-refractivity contribution in [2.75, 3.05) is 38.4 Å². The van der Waals surface area contributed by atoms with Crippen molar-refractivity contribution in [2.24, 2.45) is 0 Å². The van der Waals surface area contributed by atoms with Crippen LogP contribution in [0.1, 0.15) is 0 Å². The average Bonchev–Trinajstić information content (AvgIpc) is 2.86. The van der Waals surface area contributed by atoms with Gasteiger partial charge in [0.2, 0.25) is 16.0 Å². The summed E-state index contributed by atoms with van der Waals surface area (Å²) >= 11 is 0. The van der Waals surface area contributed by atoms with Crippen molar-refractivity contribution in [3.8, 4) is 22.6 Å². The molecule has 0 saturated carbocycles. The van der Waals surface area contributed by atoms with Crippen molar-refractivity contribution in [1.82, 2.24) is 14.7 Å². The highest BCUT2D eigenvalue weighted by Gasteiger charge is 2.14. The summed E-state index contributed by atoms with van der Waals surface area (Å²) in [6.07, 6.45) is 0. The first-order valence-corrected chi connectivity index (χ1v) is 12.0. The molecule has 1 heterocycles. The Kier molecular flexibility index (Phi) is 8.34. The third kappa shape index (κ3) is 5.91. The Balaban J connectivity index is 0.00000342. The van der Waals surface area contributed by atoms with E-state index in [1.165, 1.54) is 14.2 Å². The number of hydrogen-bond donors (Lipinski definition) is 3. The van der Waals surface area contributed by atoms with Crippen LogP contribution in [0.25, 0.3) is 22.0 Å². The molecule has 11 heteroatoms. The number of aromatic nitrogens is 2. The molecule has 0 fully saturated rings. The number of ether oxygens (including phenoxy) is 2. The van der Waals surface area contributed by atoms with Gasteiger partial charge < -0.3 is 20.5 Å². The Morgan fingerprint density at radius 2 is 1.49 bits per heavy atom. The Morgan fingerprint density at radius 3 is 2.14 bits per heavy atom. The first-order chi connectivity index (χ1) is 16.4. The summed E-state index contributed by atoms with van der Waals surface area (Å²) < 4.78 is 38.4. The number of rotatable bonds is 9. The SMILES string of the molecule is COc1cc2nc(NCCNS(=O)(=O)c3ccc(-c4ccccc4)cc3)nc(N)c2cc1OC.Cl. The summed E-state index contributed by atoms with van der Waals surface area (Å²) in [7, 11) is -0.586. The summed E-state index contributed by atoms with van der Waals surface area (Å²) in [5.41, 5.74) is 8.62. The van der Waals surface area contributed by atoms with Gasteiger partial charge in [-0.05, 0) is 29.3 Å². The Labute approximate surface area is 210 Å². The van der Waals surface area contributed by atoms with Crippen LogP contribution in [0.3, 0.4) is 0 Å². The molecule has 4 aromatic rings. The van der Waals surface area contributed by atoms with Gasteiger partial charge in [0.1, 0.15) is 5.82 Å². The predicted octanol–water partition coefficient (Wildman–Crippen LogP) is 3.71. The minimum absolute atomic E-state index is 0. The van der Waals surface area contributed by atoms with Crippen molar-refractivity contribution in [3.05, 3.63) is 66.7 Å². The Bertz CT molecular complexity index is 1400. The molecule has 1 aromatic heterocycles. The molecule has 4 N–H and O–H groups in total. The average molecular weight is 516 g/mol. The van der Waals surface area contributed by atoms with Crippen LogP contribution in [-0.2, 0) is 10.0 Å². The van der Waals surface area contributed by atoms with Gasteiger partial charge in [0.15, 0.2) is 11.5 Å². The zero-order chi connectivity index (χ0) is 24.1. The van der Waals surface area contributed by atoms with Crippen molar-refractivity contribution in [3.63, 3.8) is 0 Å². The normalized spacial score (nSPS) is 11.0. The molecule has 0 radical (unpaired) electrons. The highest BCUT2D eigenvalue weighted by molar-refractivity contribution is 7.89. The van der Waals surface area contributed by atoms with Gasteiger partial charge in [-0.3, -0.25) is 0 Å². The van der Waals surface area contributed by atoms with Crippen molar-refractivity contribution in [1.29, 1.82) is 0 Å². The molecular formula is C24H26ClN5O4S. The minimum Gasteiger partial charge on any atom is -0.493 e. The highest BCUT2D eigenvalue weighted by Crippen LogP contribution is 2.33. The van der Waals surface area contributed by atoms with Crippen molar-refractivity contribution >= 4 is 45.1 Å². The van der Waals surface area contributed by atoms with Crippen molar-refractivity contribution in [2.45, 2.75) is 4.90 Å². The Hall–Kier alpha value is -3.60. The highest BCUT2D eigenvalue weighted by atomic mass is 35.5. The lowest BCUT2D eigenvalue weighted by Crippen LogP contribution is -2.29. The van der Waals surface area contributed by atoms with E-state index in [2.05, 4.69) is 20.0 Å².